The van der Waals surface area contributed by atoms with Gasteiger partial charge < -0.3 is 4.90 Å². The number of amides is 1. The van der Waals surface area contributed by atoms with Crippen LogP contribution in [0, 0.1) is 0 Å². The second-order valence-corrected chi connectivity index (χ2v) is 5.79. The highest BCUT2D eigenvalue weighted by Gasteiger charge is 2.19. The van der Waals surface area contributed by atoms with Crippen LogP contribution in [-0.4, -0.2) is 38.0 Å². The Morgan fingerprint density at radius 1 is 1.15 bits per heavy atom. The van der Waals surface area contributed by atoms with E-state index in [4.69, 9.17) is 0 Å². The third-order valence-corrected chi connectivity index (χ3v) is 4.17. The molecule has 0 spiro atoms. The fraction of sp³-hybridized carbons (Fsp3) is 0.0556. The highest BCUT2D eigenvalue weighted by molar-refractivity contribution is 6.04. The number of carbonyl (C=O) groups is 1. The van der Waals surface area contributed by atoms with Gasteiger partial charge in [-0.3, -0.25) is 19.3 Å². The Kier molecular flexibility index (Phi) is 4.09. The van der Waals surface area contributed by atoms with E-state index in [0.717, 1.165) is 5.69 Å². The number of anilines is 3. The van der Waals surface area contributed by atoms with Gasteiger partial charge in [0.1, 0.15) is 5.56 Å². The molecule has 0 radical (unpaired) electrons. The monoisotopic (exact) mass is 361 g/mol. The highest BCUT2D eigenvalue weighted by Crippen LogP contribution is 2.27. The third-order valence-electron chi connectivity index (χ3n) is 4.17. The summed E-state index contributed by atoms with van der Waals surface area (Å²) in [6.45, 7) is 0. The molecule has 4 aromatic rings. The number of rotatable bonds is 4. The largest absolute Gasteiger partial charge is 0.343 e. The van der Waals surface area contributed by atoms with Crippen molar-refractivity contribution in [2.75, 3.05) is 17.3 Å². The zero-order valence-electron chi connectivity index (χ0n) is 14.3. The maximum absolute atomic E-state index is 12.8. The molecule has 134 valence electrons. The van der Waals surface area contributed by atoms with Crippen LogP contribution in [0.5, 0.6) is 0 Å². The third kappa shape index (κ3) is 3.01. The topological polar surface area (TPSA) is 108 Å². The van der Waals surface area contributed by atoms with Gasteiger partial charge in [0.15, 0.2) is 0 Å². The molecule has 0 aliphatic carbocycles. The average molecular weight is 361 g/mol. The van der Waals surface area contributed by atoms with E-state index in [1.165, 1.54) is 4.40 Å². The zero-order chi connectivity index (χ0) is 18.8. The van der Waals surface area contributed by atoms with Gasteiger partial charge in [0.25, 0.3) is 17.4 Å². The Morgan fingerprint density at radius 3 is 2.67 bits per heavy atom. The number of aromatic nitrogens is 5. The fourth-order valence-electron chi connectivity index (χ4n) is 2.84. The molecular formula is C18H15N7O2. The number of pyridine rings is 2. The summed E-state index contributed by atoms with van der Waals surface area (Å²) in [5, 5.41) is 15.5. The fourth-order valence-corrected chi connectivity index (χ4v) is 2.84. The molecule has 27 heavy (non-hydrogen) atoms. The van der Waals surface area contributed by atoms with Crippen LogP contribution in [0.1, 0.15) is 10.4 Å². The van der Waals surface area contributed by atoms with Crippen LogP contribution in [0.25, 0.3) is 5.52 Å². The lowest BCUT2D eigenvalue weighted by Crippen LogP contribution is -2.28. The molecule has 9 heteroatoms. The van der Waals surface area contributed by atoms with E-state index in [1.807, 2.05) is 54.4 Å². The Hall–Kier alpha value is -4.01. The summed E-state index contributed by atoms with van der Waals surface area (Å²) >= 11 is 0. The standard InChI is InChI=1S/C18H15N7O2/c1-24(12-7-3-2-4-8-12)15-11-13(16(26)19-18-20-22-23-21-18)17(27)25-10-6-5-9-14(15)25/h2-11H,1H3,(H2,19,20,21,22,23,26). The van der Waals surface area contributed by atoms with Gasteiger partial charge in [0.2, 0.25) is 0 Å². The zero-order valence-corrected chi connectivity index (χ0v) is 14.3. The number of H-pyrrole nitrogens is 1. The maximum atomic E-state index is 12.8. The summed E-state index contributed by atoms with van der Waals surface area (Å²) < 4.78 is 1.44. The number of tetrazole rings is 1. The first-order valence-electron chi connectivity index (χ1n) is 8.13. The van der Waals surface area contributed by atoms with Crippen molar-refractivity contribution in [2.24, 2.45) is 0 Å². The molecule has 2 N–H and O–H groups in total. The van der Waals surface area contributed by atoms with Crippen LogP contribution in [0.4, 0.5) is 17.3 Å². The summed E-state index contributed by atoms with van der Waals surface area (Å²) in [5.74, 6) is -0.613. The number of para-hydroxylation sites is 1. The van der Waals surface area contributed by atoms with Gasteiger partial charge in [-0.1, -0.05) is 29.4 Å². The van der Waals surface area contributed by atoms with Crippen molar-refractivity contribution in [3.63, 3.8) is 0 Å². The van der Waals surface area contributed by atoms with Crippen molar-refractivity contribution in [2.45, 2.75) is 0 Å². The Bertz CT molecular complexity index is 1150. The molecular weight excluding hydrogens is 346 g/mol. The van der Waals surface area contributed by atoms with E-state index in [2.05, 4.69) is 25.9 Å². The van der Waals surface area contributed by atoms with Gasteiger partial charge >= 0.3 is 0 Å². The van der Waals surface area contributed by atoms with Crippen molar-refractivity contribution in [3.05, 3.63) is 76.7 Å². The lowest BCUT2D eigenvalue weighted by Gasteiger charge is -2.22. The Balaban J connectivity index is 1.87. The van der Waals surface area contributed by atoms with Gasteiger partial charge in [-0.15, -0.1) is 5.10 Å². The van der Waals surface area contributed by atoms with E-state index in [0.29, 0.717) is 11.2 Å². The first-order valence-corrected chi connectivity index (χ1v) is 8.13. The number of benzene rings is 1. The van der Waals surface area contributed by atoms with Crippen molar-refractivity contribution in [3.8, 4) is 0 Å². The van der Waals surface area contributed by atoms with E-state index in [-0.39, 0.29) is 11.5 Å². The van der Waals surface area contributed by atoms with Crippen molar-refractivity contribution >= 4 is 28.7 Å². The number of fused-ring (bicyclic) bond motifs is 1. The van der Waals surface area contributed by atoms with Gasteiger partial charge in [-0.2, -0.15) is 5.21 Å². The maximum Gasteiger partial charge on any atom is 0.270 e. The first kappa shape index (κ1) is 16.5. The first-order chi connectivity index (χ1) is 13.1. The number of carbonyl (C=O) groups excluding carboxylic acids is 1. The molecule has 1 amide bonds. The summed E-state index contributed by atoms with van der Waals surface area (Å²) in [5.41, 5.74) is 1.86. The van der Waals surface area contributed by atoms with E-state index in [9.17, 15) is 9.59 Å². The smallest absolute Gasteiger partial charge is 0.270 e. The number of hydrogen-bond acceptors (Lipinski definition) is 6. The van der Waals surface area contributed by atoms with E-state index in [1.54, 1.807) is 18.3 Å². The van der Waals surface area contributed by atoms with Crippen LogP contribution in [0.15, 0.2) is 65.6 Å². The van der Waals surface area contributed by atoms with Crippen LogP contribution in [0.3, 0.4) is 0 Å². The molecule has 0 aliphatic rings. The molecule has 3 heterocycles. The molecule has 9 nitrogen and oxygen atoms in total. The quantitative estimate of drug-likeness (QED) is 0.574. The second kappa shape index (κ2) is 6.71. The number of hydrogen-bond donors (Lipinski definition) is 2. The molecule has 0 bridgehead atoms. The molecule has 0 saturated heterocycles. The second-order valence-electron chi connectivity index (χ2n) is 5.79. The number of nitrogens with zero attached hydrogens (tertiary/aromatic N) is 5. The van der Waals surface area contributed by atoms with Crippen LogP contribution < -0.4 is 15.8 Å². The normalized spacial score (nSPS) is 10.7. The van der Waals surface area contributed by atoms with Gasteiger partial charge in [-0.25, -0.2) is 0 Å². The molecule has 0 unspecified atom stereocenters. The molecule has 3 aromatic heterocycles. The summed E-state index contributed by atoms with van der Waals surface area (Å²) in [6.07, 6.45) is 1.63. The van der Waals surface area contributed by atoms with E-state index < -0.39 is 11.5 Å². The van der Waals surface area contributed by atoms with Crippen molar-refractivity contribution in [1.82, 2.24) is 25.0 Å². The SMILES string of the molecule is CN(c1ccccc1)c1cc(C(=O)Nc2nn[nH]n2)c(=O)n2ccccc12. The number of aromatic amines is 1. The molecule has 0 atom stereocenters. The molecule has 0 fully saturated rings. The average Bonchev–Trinajstić information content (AvgIpc) is 3.21. The summed E-state index contributed by atoms with van der Waals surface area (Å²) in [4.78, 5) is 27.4. The summed E-state index contributed by atoms with van der Waals surface area (Å²) in [6, 6.07) is 16.6. The lowest BCUT2D eigenvalue weighted by molar-refractivity contribution is 0.102. The Morgan fingerprint density at radius 2 is 1.93 bits per heavy atom. The lowest BCUT2D eigenvalue weighted by atomic mass is 10.1. The van der Waals surface area contributed by atoms with Crippen LogP contribution in [-0.2, 0) is 0 Å². The highest BCUT2D eigenvalue weighted by atomic mass is 16.2. The number of nitrogens with one attached hydrogen (secondary N) is 2. The van der Waals surface area contributed by atoms with Crippen LogP contribution in [0.2, 0.25) is 0 Å². The molecule has 1 aromatic carbocycles. The van der Waals surface area contributed by atoms with Crippen molar-refractivity contribution < 1.29 is 4.79 Å². The minimum atomic E-state index is -0.609. The summed E-state index contributed by atoms with van der Waals surface area (Å²) in [7, 11) is 1.88. The predicted molar refractivity (Wildman–Crippen MR) is 100 cm³/mol. The molecule has 0 saturated carbocycles. The Labute approximate surface area is 153 Å². The minimum absolute atomic E-state index is 0.00415. The van der Waals surface area contributed by atoms with Crippen LogP contribution >= 0.6 is 0 Å². The minimum Gasteiger partial charge on any atom is -0.343 e. The van der Waals surface area contributed by atoms with Gasteiger partial charge in [0, 0.05) is 18.9 Å². The van der Waals surface area contributed by atoms with Crippen molar-refractivity contribution in [1.29, 1.82) is 0 Å². The van der Waals surface area contributed by atoms with Gasteiger partial charge in [-0.05, 0) is 35.5 Å². The van der Waals surface area contributed by atoms with E-state index >= 15 is 0 Å². The molecule has 0 aliphatic heterocycles. The predicted octanol–water partition coefficient (Wildman–Crippen LogP) is 1.83. The van der Waals surface area contributed by atoms with Gasteiger partial charge in [0.05, 0.1) is 11.2 Å². The molecule has 4 rings (SSSR count).